The lowest BCUT2D eigenvalue weighted by Gasteiger charge is -2.26. The number of benzene rings is 3. The zero-order valence-corrected chi connectivity index (χ0v) is 23.4. The standard InChI is InChI=1S/C30H28ClFN4O5/c1-17(2)35(14-27(40)33-24-10-6-8-21(29(24)32)20-7-4-5-9-23(20)31)28(41)15-36-25-12-11-19(26(39)16-37)13-22(25)30(34-36)18(3)38/h4-13,17,37H,14-16H2,1-3H3,(H,33,40). The smallest absolute Gasteiger partial charge is 0.245 e. The van der Waals surface area contributed by atoms with Crippen LogP contribution in [0.4, 0.5) is 10.1 Å². The molecule has 4 rings (SSSR count). The Balaban J connectivity index is 1.55. The number of anilines is 1. The van der Waals surface area contributed by atoms with Crippen LogP contribution in [0.25, 0.3) is 22.0 Å². The van der Waals surface area contributed by atoms with Gasteiger partial charge in [0.2, 0.25) is 11.8 Å². The normalized spacial score (nSPS) is 11.1. The van der Waals surface area contributed by atoms with Crippen LogP contribution in [0.2, 0.25) is 5.02 Å². The molecule has 2 N–H and O–H groups in total. The van der Waals surface area contributed by atoms with E-state index in [4.69, 9.17) is 11.6 Å². The van der Waals surface area contributed by atoms with Crippen LogP contribution in [0.3, 0.4) is 0 Å². The summed E-state index contributed by atoms with van der Waals surface area (Å²) in [6.07, 6.45) is 0. The van der Waals surface area contributed by atoms with Crippen molar-refractivity contribution in [1.29, 1.82) is 0 Å². The van der Waals surface area contributed by atoms with E-state index in [1.165, 1.54) is 34.7 Å². The third-order valence-corrected chi connectivity index (χ3v) is 6.86. The fourth-order valence-electron chi connectivity index (χ4n) is 4.46. The Morgan fingerprint density at radius 3 is 2.41 bits per heavy atom. The average Bonchev–Trinajstić information content (AvgIpc) is 3.30. The molecule has 0 spiro atoms. The number of nitrogens with zero attached hydrogens (tertiary/aromatic N) is 3. The average molecular weight is 579 g/mol. The molecule has 0 aliphatic rings. The molecule has 3 aromatic carbocycles. The second-order valence-corrected chi connectivity index (χ2v) is 10.1. The van der Waals surface area contributed by atoms with Gasteiger partial charge >= 0.3 is 0 Å². The summed E-state index contributed by atoms with van der Waals surface area (Å²) in [6.45, 7) is 3.45. The predicted molar refractivity (Wildman–Crippen MR) is 153 cm³/mol. The molecule has 0 atom stereocenters. The molecule has 0 unspecified atom stereocenters. The van der Waals surface area contributed by atoms with E-state index in [0.717, 1.165) is 0 Å². The van der Waals surface area contributed by atoms with E-state index in [2.05, 4.69) is 10.4 Å². The van der Waals surface area contributed by atoms with E-state index in [0.29, 0.717) is 21.5 Å². The second kappa shape index (κ2) is 12.4. The van der Waals surface area contributed by atoms with Gasteiger partial charge in [-0.15, -0.1) is 0 Å². The summed E-state index contributed by atoms with van der Waals surface area (Å²) in [7, 11) is 0. The number of carbonyl (C=O) groups excluding carboxylic acids is 4. The van der Waals surface area contributed by atoms with Crippen LogP contribution in [-0.2, 0) is 16.1 Å². The highest BCUT2D eigenvalue weighted by atomic mass is 35.5. The van der Waals surface area contributed by atoms with Crippen LogP contribution in [0.15, 0.2) is 60.7 Å². The Morgan fingerprint density at radius 1 is 1.05 bits per heavy atom. The van der Waals surface area contributed by atoms with Gasteiger partial charge in [-0.05, 0) is 44.2 Å². The number of aliphatic hydroxyl groups excluding tert-OH is 1. The van der Waals surface area contributed by atoms with E-state index in [-0.39, 0.29) is 41.4 Å². The number of fused-ring (bicyclic) bond motifs is 1. The van der Waals surface area contributed by atoms with E-state index >= 15 is 4.39 Å². The van der Waals surface area contributed by atoms with Crippen molar-refractivity contribution in [2.75, 3.05) is 18.5 Å². The number of rotatable bonds is 10. The molecule has 212 valence electrons. The van der Waals surface area contributed by atoms with Gasteiger partial charge in [-0.2, -0.15) is 5.10 Å². The molecule has 0 bridgehead atoms. The highest BCUT2D eigenvalue weighted by molar-refractivity contribution is 6.33. The van der Waals surface area contributed by atoms with Crippen molar-refractivity contribution < 1.29 is 28.7 Å². The number of ketones is 2. The number of Topliss-reactive ketones (excluding diaryl/α,β-unsaturated/α-hetero) is 2. The maximum Gasteiger partial charge on any atom is 0.245 e. The Labute approximate surface area is 240 Å². The number of nitrogens with one attached hydrogen (secondary N) is 1. The van der Waals surface area contributed by atoms with Crippen molar-refractivity contribution in [1.82, 2.24) is 14.7 Å². The highest BCUT2D eigenvalue weighted by Gasteiger charge is 2.24. The quantitative estimate of drug-likeness (QED) is 0.262. The second-order valence-electron chi connectivity index (χ2n) is 9.69. The molecule has 0 radical (unpaired) electrons. The summed E-state index contributed by atoms with van der Waals surface area (Å²) in [5.74, 6) is -2.61. The maximum atomic E-state index is 15.3. The first-order chi connectivity index (χ1) is 19.5. The van der Waals surface area contributed by atoms with Gasteiger partial charge in [-0.3, -0.25) is 23.9 Å². The molecule has 9 nitrogen and oxygen atoms in total. The van der Waals surface area contributed by atoms with Gasteiger partial charge in [-0.25, -0.2) is 4.39 Å². The number of hydrogen-bond acceptors (Lipinski definition) is 6. The van der Waals surface area contributed by atoms with Crippen molar-refractivity contribution in [2.24, 2.45) is 0 Å². The molecule has 41 heavy (non-hydrogen) atoms. The van der Waals surface area contributed by atoms with Gasteiger partial charge < -0.3 is 15.3 Å². The number of aliphatic hydroxyl groups is 1. The minimum absolute atomic E-state index is 0.0547. The third kappa shape index (κ3) is 6.34. The molecule has 1 aromatic heterocycles. The molecule has 1 heterocycles. The van der Waals surface area contributed by atoms with E-state index in [1.807, 2.05) is 0 Å². The molecular weight excluding hydrogens is 551 g/mol. The van der Waals surface area contributed by atoms with Crippen LogP contribution in [0.1, 0.15) is 41.6 Å². The van der Waals surface area contributed by atoms with Crippen molar-refractivity contribution in [3.05, 3.63) is 82.8 Å². The lowest BCUT2D eigenvalue weighted by Crippen LogP contribution is -2.44. The van der Waals surface area contributed by atoms with Crippen LogP contribution in [0, 0.1) is 5.82 Å². The number of hydrogen-bond donors (Lipinski definition) is 2. The first kappa shape index (κ1) is 29.6. The molecule has 11 heteroatoms. The Hall–Kier alpha value is -4.41. The Kier molecular flexibility index (Phi) is 8.95. The summed E-state index contributed by atoms with van der Waals surface area (Å²) in [5, 5.41) is 16.7. The molecular formula is C30H28ClFN4O5. The third-order valence-electron chi connectivity index (χ3n) is 6.53. The molecule has 0 fully saturated rings. The summed E-state index contributed by atoms with van der Waals surface area (Å²) < 4.78 is 16.7. The summed E-state index contributed by atoms with van der Waals surface area (Å²) in [4.78, 5) is 51.8. The van der Waals surface area contributed by atoms with Gasteiger partial charge in [0.1, 0.15) is 25.4 Å². The Bertz CT molecular complexity index is 1670. The van der Waals surface area contributed by atoms with Gasteiger partial charge in [0.15, 0.2) is 17.4 Å². The van der Waals surface area contributed by atoms with Crippen molar-refractivity contribution in [3.63, 3.8) is 0 Å². The fourth-order valence-corrected chi connectivity index (χ4v) is 4.70. The predicted octanol–water partition coefficient (Wildman–Crippen LogP) is 4.75. The van der Waals surface area contributed by atoms with E-state index < -0.39 is 36.1 Å². The summed E-state index contributed by atoms with van der Waals surface area (Å²) >= 11 is 6.23. The Morgan fingerprint density at radius 2 is 1.76 bits per heavy atom. The van der Waals surface area contributed by atoms with Crippen molar-refractivity contribution in [3.8, 4) is 11.1 Å². The monoisotopic (exact) mass is 578 g/mol. The van der Waals surface area contributed by atoms with Gasteiger partial charge in [0.05, 0.1) is 11.2 Å². The minimum atomic E-state index is -0.687. The van der Waals surface area contributed by atoms with Crippen molar-refractivity contribution >= 4 is 51.6 Å². The van der Waals surface area contributed by atoms with Gasteiger partial charge in [0, 0.05) is 40.1 Å². The number of halogens is 2. The van der Waals surface area contributed by atoms with Crippen LogP contribution in [0.5, 0.6) is 0 Å². The fraction of sp³-hybridized carbons (Fsp3) is 0.233. The number of amides is 2. The maximum absolute atomic E-state index is 15.3. The van der Waals surface area contributed by atoms with Crippen LogP contribution in [-0.4, -0.2) is 62.4 Å². The summed E-state index contributed by atoms with van der Waals surface area (Å²) in [6, 6.07) is 15.4. The first-order valence-electron chi connectivity index (χ1n) is 12.8. The van der Waals surface area contributed by atoms with Crippen molar-refractivity contribution in [2.45, 2.75) is 33.4 Å². The van der Waals surface area contributed by atoms with Crippen LogP contribution < -0.4 is 5.32 Å². The van der Waals surface area contributed by atoms with Gasteiger partial charge in [-0.1, -0.05) is 41.9 Å². The molecule has 0 saturated heterocycles. The molecule has 0 aliphatic carbocycles. The molecule has 2 amide bonds. The zero-order chi connectivity index (χ0) is 29.8. The topological polar surface area (TPSA) is 122 Å². The molecule has 4 aromatic rings. The number of carbonyl (C=O) groups is 4. The van der Waals surface area contributed by atoms with E-state index in [9.17, 15) is 24.3 Å². The zero-order valence-electron chi connectivity index (χ0n) is 22.6. The lowest BCUT2D eigenvalue weighted by atomic mass is 10.0. The largest absolute Gasteiger partial charge is 0.388 e. The summed E-state index contributed by atoms with van der Waals surface area (Å²) in [5.41, 5.74) is 1.36. The number of aromatic nitrogens is 2. The molecule has 0 aliphatic heterocycles. The van der Waals surface area contributed by atoms with Crippen LogP contribution >= 0.6 is 11.6 Å². The minimum Gasteiger partial charge on any atom is -0.388 e. The lowest BCUT2D eigenvalue weighted by molar-refractivity contribution is -0.137. The van der Waals surface area contributed by atoms with Gasteiger partial charge in [0.25, 0.3) is 0 Å². The SMILES string of the molecule is CC(=O)c1nn(CC(=O)N(CC(=O)Nc2cccc(-c3ccccc3Cl)c2F)C(C)C)c2ccc(C(=O)CO)cc12. The molecule has 0 saturated carbocycles. The first-order valence-corrected chi connectivity index (χ1v) is 13.2. The van der Waals surface area contributed by atoms with E-state index in [1.54, 1.807) is 56.3 Å². The highest BCUT2D eigenvalue weighted by Crippen LogP contribution is 2.32.